The van der Waals surface area contributed by atoms with Crippen LogP contribution >= 0.6 is 0 Å². The summed E-state index contributed by atoms with van der Waals surface area (Å²) >= 11 is 0. The number of carbonyl (C=O) groups is 2. The number of hydrogen-bond acceptors (Lipinski definition) is 4. The first-order chi connectivity index (χ1) is 11.1. The van der Waals surface area contributed by atoms with Gasteiger partial charge in [0.1, 0.15) is 6.04 Å². The lowest BCUT2D eigenvalue weighted by molar-refractivity contribution is -0.135. The van der Waals surface area contributed by atoms with Crippen molar-refractivity contribution in [3.63, 3.8) is 0 Å². The third-order valence-corrected chi connectivity index (χ3v) is 3.76. The van der Waals surface area contributed by atoms with Crippen LogP contribution < -0.4 is 16.3 Å². The summed E-state index contributed by atoms with van der Waals surface area (Å²) in [4.78, 5) is 38.4. The number of amides is 2. The molecule has 0 saturated carbocycles. The number of nitrogens with one attached hydrogen (secondary N) is 3. The number of fused-ring (bicyclic) bond motifs is 1. The lowest BCUT2D eigenvalue weighted by Crippen LogP contribution is -2.43. The number of piperidine rings is 1. The molecule has 1 saturated heterocycles. The molecule has 7 nitrogen and oxygen atoms in total. The van der Waals surface area contributed by atoms with Crippen molar-refractivity contribution in [2.75, 3.05) is 13.6 Å². The van der Waals surface area contributed by atoms with Gasteiger partial charge in [-0.2, -0.15) is 0 Å². The number of nitrogens with zero attached hydrogens (tertiary/aromatic N) is 1. The Kier molecular flexibility index (Phi) is 4.00. The number of imidazole rings is 1. The molecule has 2 amide bonds. The van der Waals surface area contributed by atoms with Crippen molar-refractivity contribution in [2.24, 2.45) is 0 Å². The molecule has 1 fully saturated rings. The Labute approximate surface area is 132 Å². The molecule has 1 aliphatic heterocycles. The minimum atomic E-state index is -0.686. The number of carbonyl (C=O) groups excluding carboxylic acids is 2. The van der Waals surface area contributed by atoms with Crippen molar-refractivity contribution in [1.82, 2.24) is 20.2 Å². The standard InChI is InChI=1S/C16H16N4O3/c1-17-9-3-5-10-4-2-6-11-14(10)19-16(23)20(11)12-7-8-13(21)18-15(12)22/h2,4,6,12,17H,7-9H2,1H3,(H,19,23)(H,18,21,22). The molecule has 0 bridgehead atoms. The monoisotopic (exact) mass is 312 g/mol. The first-order valence-electron chi connectivity index (χ1n) is 7.32. The molecular weight excluding hydrogens is 296 g/mol. The number of aromatic amines is 1. The van der Waals surface area contributed by atoms with Crippen molar-refractivity contribution in [3.8, 4) is 11.8 Å². The van der Waals surface area contributed by atoms with Crippen LogP contribution in [0.5, 0.6) is 0 Å². The topological polar surface area (TPSA) is 96.0 Å². The van der Waals surface area contributed by atoms with Crippen molar-refractivity contribution >= 4 is 22.8 Å². The number of aromatic nitrogens is 2. The van der Waals surface area contributed by atoms with Crippen LogP contribution in [0.3, 0.4) is 0 Å². The Bertz CT molecular complexity index is 897. The fourth-order valence-electron chi connectivity index (χ4n) is 2.72. The zero-order valence-corrected chi connectivity index (χ0v) is 12.6. The Balaban J connectivity index is 2.09. The number of rotatable bonds is 2. The van der Waals surface area contributed by atoms with Gasteiger partial charge in [-0.25, -0.2) is 4.79 Å². The summed E-state index contributed by atoms with van der Waals surface area (Å²) in [5.41, 5.74) is 1.53. The predicted octanol–water partition coefficient (Wildman–Crippen LogP) is -0.122. The normalized spacial score (nSPS) is 17.7. The Hall–Kier alpha value is -2.85. The second-order valence-electron chi connectivity index (χ2n) is 5.30. The van der Waals surface area contributed by atoms with Crippen LogP contribution in [0.2, 0.25) is 0 Å². The molecule has 2 aromatic rings. The van der Waals surface area contributed by atoms with Crippen molar-refractivity contribution in [3.05, 3.63) is 34.2 Å². The molecule has 0 aliphatic carbocycles. The SMILES string of the molecule is CNCC#Cc1cccc2c1[nH]c(=O)n2C1CCC(=O)NC1=O. The minimum absolute atomic E-state index is 0.219. The Morgan fingerprint density at radius 3 is 2.91 bits per heavy atom. The van der Waals surface area contributed by atoms with E-state index >= 15 is 0 Å². The second kappa shape index (κ2) is 6.10. The van der Waals surface area contributed by atoms with Crippen molar-refractivity contribution in [1.29, 1.82) is 0 Å². The van der Waals surface area contributed by atoms with Crippen LogP contribution in [0.15, 0.2) is 23.0 Å². The number of benzene rings is 1. The molecule has 1 unspecified atom stereocenters. The van der Waals surface area contributed by atoms with Gasteiger partial charge in [-0.05, 0) is 25.6 Å². The van der Waals surface area contributed by atoms with E-state index in [2.05, 4.69) is 27.5 Å². The van der Waals surface area contributed by atoms with Gasteiger partial charge in [-0.15, -0.1) is 0 Å². The maximum absolute atomic E-state index is 12.3. The number of para-hydroxylation sites is 1. The maximum atomic E-state index is 12.3. The number of hydrogen-bond donors (Lipinski definition) is 3. The molecule has 23 heavy (non-hydrogen) atoms. The van der Waals surface area contributed by atoms with Gasteiger partial charge < -0.3 is 10.3 Å². The maximum Gasteiger partial charge on any atom is 0.327 e. The van der Waals surface area contributed by atoms with Gasteiger partial charge in [0, 0.05) is 6.42 Å². The lowest BCUT2D eigenvalue weighted by Gasteiger charge is -2.21. The van der Waals surface area contributed by atoms with E-state index in [-0.39, 0.29) is 18.0 Å². The minimum Gasteiger partial charge on any atom is -0.309 e. The number of imide groups is 1. The smallest absolute Gasteiger partial charge is 0.309 e. The highest BCUT2D eigenvalue weighted by Crippen LogP contribution is 2.23. The van der Waals surface area contributed by atoms with Gasteiger partial charge >= 0.3 is 5.69 Å². The molecule has 3 rings (SSSR count). The predicted molar refractivity (Wildman–Crippen MR) is 84.8 cm³/mol. The van der Waals surface area contributed by atoms with Crippen LogP contribution in [-0.2, 0) is 9.59 Å². The van der Waals surface area contributed by atoms with Crippen LogP contribution in [0, 0.1) is 11.8 Å². The summed E-state index contributed by atoms with van der Waals surface area (Å²) in [6.07, 6.45) is 0.532. The fourth-order valence-corrected chi connectivity index (χ4v) is 2.72. The van der Waals surface area contributed by atoms with Crippen LogP contribution in [0.4, 0.5) is 0 Å². The van der Waals surface area contributed by atoms with E-state index in [1.165, 1.54) is 4.57 Å². The largest absolute Gasteiger partial charge is 0.327 e. The summed E-state index contributed by atoms with van der Waals surface area (Å²) < 4.78 is 1.40. The van der Waals surface area contributed by atoms with E-state index in [1.54, 1.807) is 19.2 Å². The molecule has 118 valence electrons. The molecule has 0 radical (unpaired) electrons. The Morgan fingerprint density at radius 1 is 1.35 bits per heavy atom. The van der Waals surface area contributed by atoms with E-state index < -0.39 is 11.9 Å². The van der Waals surface area contributed by atoms with E-state index in [0.717, 1.165) is 0 Å². The third kappa shape index (κ3) is 2.76. The average Bonchev–Trinajstić information content (AvgIpc) is 2.85. The average molecular weight is 312 g/mol. The summed E-state index contributed by atoms with van der Waals surface area (Å²) in [6, 6.07) is 4.69. The van der Waals surface area contributed by atoms with Crippen molar-refractivity contribution < 1.29 is 9.59 Å². The van der Waals surface area contributed by atoms with E-state index in [0.29, 0.717) is 29.6 Å². The fraction of sp³-hybridized carbons (Fsp3) is 0.312. The van der Waals surface area contributed by atoms with Gasteiger partial charge in [0.25, 0.3) is 0 Å². The molecule has 0 spiro atoms. The molecule has 3 N–H and O–H groups in total. The van der Waals surface area contributed by atoms with Gasteiger partial charge in [-0.3, -0.25) is 19.5 Å². The van der Waals surface area contributed by atoms with Crippen LogP contribution in [0.25, 0.3) is 11.0 Å². The molecule has 1 aliphatic rings. The molecule has 7 heteroatoms. The molecule has 2 heterocycles. The van der Waals surface area contributed by atoms with E-state index in [4.69, 9.17) is 0 Å². The quantitative estimate of drug-likeness (QED) is 0.532. The molecule has 1 atom stereocenters. The van der Waals surface area contributed by atoms with Gasteiger partial charge in [0.05, 0.1) is 23.1 Å². The second-order valence-corrected chi connectivity index (χ2v) is 5.30. The molecular formula is C16H16N4O3. The summed E-state index contributed by atoms with van der Waals surface area (Å²) in [5.74, 6) is 5.19. The highest BCUT2D eigenvalue weighted by molar-refractivity contribution is 6.00. The molecule has 1 aromatic carbocycles. The highest BCUT2D eigenvalue weighted by Gasteiger charge is 2.30. The van der Waals surface area contributed by atoms with E-state index in [9.17, 15) is 14.4 Å². The summed E-state index contributed by atoms with van der Waals surface area (Å²) in [5, 5.41) is 5.21. The zero-order chi connectivity index (χ0) is 16.4. The van der Waals surface area contributed by atoms with Gasteiger partial charge in [0.2, 0.25) is 11.8 Å². The summed E-state index contributed by atoms with van der Waals surface area (Å²) in [7, 11) is 1.80. The van der Waals surface area contributed by atoms with Gasteiger partial charge in [-0.1, -0.05) is 17.9 Å². The van der Waals surface area contributed by atoms with Crippen LogP contribution in [0.1, 0.15) is 24.4 Å². The number of H-pyrrole nitrogens is 1. The summed E-state index contributed by atoms with van der Waals surface area (Å²) in [6.45, 7) is 0.536. The Morgan fingerprint density at radius 2 is 2.17 bits per heavy atom. The first-order valence-corrected chi connectivity index (χ1v) is 7.32. The molecule has 1 aromatic heterocycles. The van der Waals surface area contributed by atoms with E-state index in [1.807, 2.05) is 6.07 Å². The first kappa shape index (κ1) is 15.1. The zero-order valence-electron chi connectivity index (χ0n) is 12.6. The third-order valence-electron chi connectivity index (χ3n) is 3.76. The van der Waals surface area contributed by atoms with Crippen LogP contribution in [-0.4, -0.2) is 35.0 Å². The van der Waals surface area contributed by atoms with Crippen molar-refractivity contribution in [2.45, 2.75) is 18.9 Å². The van der Waals surface area contributed by atoms with Gasteiger partial charge in [0.15, 0.2) is 0 Å². The highest BCUT2D eigenvalue weighted by atomic mass is 16.2. The lowest BCUT2D eigenvalue weighted by atomic mass is 10.1.